The molecule has 0 unspecified atom stereocenters. The number of nitrogens with one attached hydrogen (secondary N) is 1. The van der Waals surface area contributed by atoms with Crippen molar-refractivity contribution < 1.29 is 17.5 Å². The maximum atomic E-state index is 13.0. The van der Waals surface area contributed by atoms with Gasteiger partial charge in [0.05, 0.1) is 18.1 Å². The molecule has 2 aromatic rings. The second kappa shape index (κ2) is 7.51. The van der Waals surface area contributed by atoms with E-state index in [0.29, 0.717) is 0 Å². The molecule has 5 nitrogen and oxygen atoms in total. The summed E-state index contributed by atoms with van der Waals surface area (Å²) in [5.74, 6) is -0.467. The highest BCUT2D eigenvalue weighted by Gasteiger charge is 2.19. The Morgan fingerprint density at radius 1 is 1.04 bits per heavy atom. The minimum Gasteiger partial charge on any atom is -0.378 e. The fourth-order valence-corrected chi connectivity index (χ4v) is 4.01. The van der Waals surface area contributed by atoms with E-state index in [1.807, 2.05) is 24.3 Å². The summed E-state index contributed by atoms with van der Waals surface area (Å²) in [6.45, 7) is 4.92. The maximum Gasteiger partial charge on any atom is 0.241 e. The Labute approximate surface area is 147 Å². The van der Waals surface area contributed by atoms with Crippen LogP contribution in [0.25, 0.3) is 0 Å². The summed E-state index contributed by atoms with van der Waals surface area (Å²) in [6.07, 6.45) is 0. The van der Waals surface area contributed by atoms with Crippen LogP contribution >= 0.6 is 0 Å². The van der Waals surface area contributed by atoms with Crippen LogP contribution in [0.5, 0.6) is 0 Å². The Morgan fingerprint density at radius 2 is 1.64 bits per heavy atom. The molecule has 0 aromatic heterocycles. The lowest BCUT2D eigenvalue weighted by molar-refractivity contribution is 0.122. The number of halogens is 1. The summed E-state index contributed by atoms with van der Waals surface area (Å²) in [6, 6.07) is 12.2. The second-order valence-electron chi connectivity index (χ2n) is 5.99. The molecule has 25 heavy (non-hydrogen) atoms. The molecule has 2 aromatic carbocycles. The number of benzene rings is 2. The zero-order valence-corrected chi connectivity index (χ0v) is 14.8. The summed E-state index contributed by atoms with van der Waals surface area (Å²) in [4.78, 5) is 2.28. The van der Waals surface area contributed by atoms with Gasteiger partial charge in [0.25, 0.3) is 0 Å². The van der Waals surface area contributed by atoms with E-state index in [4.69, 9.17) is 4.74 Å². The van der Waals surface area contributed by atoms with E-state index in [0.717, 1.165) is 49.7 Å². The molecule has 1 aliphatic heterocycles. The lowest BCUT2D eigenvalue weighted by atomic mass is 10.1. The van der Waals surface area contributed by atoms with Gasteiger partial charge in [-0.05, 0) is 48.9 Å². The molecule has 0 spiro atoms. The average molecular weight is 364 g/mol. The molecule has 1 aliphatic rings. The monoisotopic (exact) mass is 364 g/mol. The van der Waals surface area contributed by atoms with Crippen LogP contribution in [0.15, 0.2) is 53.4 Å². The van der Waals surface area contributed by atoms with Crippen LogP contribution in [0, 0.1) is 5.82 Å². The van der Waals surface area contributed by atoms with Crippen molar-refractivity contribution in [3.05, 3.63) is 59.9 Å². The van der Waals surface area contributed by atoms with Crippen LogP contribution in [-0.4, -0.2) is 34.7 Å². The van der Waals surface area contributed by atoms with Crippen molar-refractivity contribution in [2.45, 2.75) is 17.9 Å². The highest BCUT2D eigenvalue weighted by Crippen LogP contribution is 2.22. The number of sulfonamides is 1. The molecule has 1 atom stereocenters. The first-order valence-corrected chi connectivity index (χ1v) is 9.64. The minimum absolute atomic E-state index is 0.0469. The molecule has 1 saturated heterocycles. The third-order valence-electron chi connectivity index (χ3n) is 4.23. The Bertz CT molecular complexity index is 801. The molecule has 3 rings (SSSR count). The highest BCUT2D eigenvalue weighted by atomic mass is 32.2. The lowest BCUT2D eigenvalue weighted by Crippen LogP contribution is -2.36. The van der Waals surface area contributed by atoms with Gasteiger partial charge in [-0.3, -0.25) is 0 Å². The smallest absolute Gasteiger partial charge is 0.241 e. The van der Waals surface area contributed by atoms with Gasteiger partial charge in [0.15, 0.2) is 0 Å². The van der Waals surface area contributed by atoms with Gasteiger partial charge >= 0.3 is 0 Å². The van der Waals surface area contributed by atoms with Crippen LogP contribution < -0.4 is 9.62 Å². The quantitative estimate of drug-likeness (QED) is 0.886. The third kappa shape index (κ3) is 4.36. The van der Waals surface area contributed by atoms with E-state index in [-0.39, 0.29) is 4.90 Å². The van der Waals surface area contributed by atoms with Crippen LogP contribution in [0.1, 0.15) is 18.5 Å². The van der Waals surface area contributed by atoms with Crippen molar-refractivity contribution in [2.75, 3.05) is 31.2 Å². The van der Waals surface area contributed by atoms with Gasteiger partial charge in [0.2, 0.25) is 10.0 Å². The molecule has 1 N–H and O–H groups in total. The van der Waals surface area contributed by atoms with Gasteiger partial charge in [-0.25, -0.2) is 17.5 Å². The number of morpholine rings is 1. The van der Waals surface area contributed by atoms with Gasteiger partial charge in [0.1, 0.15) is 5.82 Å². The fraction of sp³-hybridized carbons (Fsp3) is 0.333. The van der Waals surface area contributed by atoms with Crippen molar-refractivity contribution in [3.63, 3.8) is 0 Å². The Hall–Kier alpha value is -1.96. The predicted molar refractivity (Wildman–Crippen MR) is 94.6 cm³/mol. The van der Waals surface area contributed by atoms with E-state index < -0.39 is 21.9 Å². The largest absolute Gasteiger partial charge is 0.378 e. The van der Waals surface area contributed by atoms with E-state index in [9.17, 15) is 12.8 Å². The van der Waals surface area contributed by atoms with E-state index >= 15 is 0 Å². The summed E-state index contributed by atoms with van der Waals surface area (Å²) in [5, 5.41) is 0. The van der Waals surface area contributed by atoms with Gasteiger partial charge < -0.3 is 9.64 Å². The zero-order chi connectivity index (χ0) is 17.9. The van der Waals surface area contributed by atoms with Crippen molar-refractivity contribution in [1.29, 1.82) is 0 Å². The number of rotatable bonds is 5. The molecule has 0 amide bonds. The molecule has 0 radical (unpaired) electrons. The molecule has 0 saturated carbocycles. The molecule has 1 fully saturated rings. The standard InChI is InChI=1S/C18H21FN2O3S/c1-14(20-25(22,23)18-8-4-16(19)5-9-18)15-2-6-17(7-3-15)21-10-12-24-13-11-21/h2-9,14,20H,10-13H2,1H3/t14-/m1/s1. The minimum atomic E-state index is -3.70. The van der Waals surface area contributed by atoms with Gasteiger partial charge in [-0.15, -0.1) is 0 Å². The number of anilines is 1. The molecule has 134 valence electrons. The molecular formula is C18H21FN2O3S. The first kappa shape index (κ1) is 17.8. The molecule has 0 aliphatic carbocycles. The molecule has 7 heteroatoms. The van der Waals surface area contributed by atoms with E-state index in [2.05, 4.69) is 9.62 Å². The summed E-state index contributed by atoms with van der Waals surface area (Å²) < 4.78 is 45.7. The van der Waals surface area contributed by atoms with Gasteiger partial charge in [-0.1, -0.05) is 12.1 Å². The van der Waals surface area contributed by atoms with Gasteiger partial charge in [0, 0.05) is 24.8 Å². The van der Waals surface area contributed by atoms with Crippen molar-refractivity contribution >= 4 is 15.7 Å². The topological polar surface area (TPSA) is 58.6 Å². The fourth-order valence-electron chi connectivity index (χ4n) is 2.78. The van der Waals surface area contributed by atoms with Crippen LogP contribution in [0.2, 0.25) is 0 Å². The Morgan fingerprint density at radius 3 is 2.24 bits per heavy atom. The average Bonchev–Trinajstić information content (AvgIpc) is 2.62. The van der Waals surface area contributed by atoms with Crippen molar-refractivity contribution in [2.24, 2.45) is 0 Å². The number of nitrogens with zero attached hydrogens (tertiary/aromatic N) is 1. The first-order valence-electron chi connectivity index (χ1n) is 8.16. The SMILES string of the molecule is C[C@@H](NS(=O)(=O)c1ccc(F)cc1)c1ccc(N2CCOCC2)cc1. The molecule has 1 heterocycles. The summed E-state index contributed by atoms with van der Waals surface area (Å²) in [5.41, 5.74) is 1.96. The second-order valence-corrected chi connectivity index (χ2v) is 7.70. The third-order valence-corrected chi connectivity index (χ3v) is 5.78. The van der Waals surface area contributed by atoms with Crippen molar-refractivity contribution in [3.8, 4) is 0 Å². The van der Waals surface area contributed by atoms with Gasteiger partial charge in [-0.2, -0.15) is 0 Å². The Kier molecular flexibility index (Phi) is 5.36. The number of hydrogen-bond donors (Lipinski definition) is 1. The summed E-state index contributed by atoms with van der Waals surface area (Å²) >= 11 is 0. The van der Waals surface area contributed by atoms with Crippen LogP contribution in [-0.2, 0) is 14.8 Å². The van der Waals surface area contributed by atoms with E-state index in [1.165, 1.54) is 12.1 Å². The lowest BCUT2D eigenvalue weighted by Gasteiger charge is -2.29. The summed E-state index contributed by atoms with van der Waals surface area (Å²) in [7, 11) is -3.70. The highest BCUT2D eigenvalue weighted by molar-refractivity contribution is 7.89. The van der Waals surface area contributed by atoms with Crippen LogP contribution in [0.4, 0.5) is 10.1 Å². The first-order chi connectivity index (χ1) is 12.0. The predicted octanol–water partition coefficient (Wildman–Crippen LogP) is 2.70. The van der Waals surface area contributed by atoms with Crippen LogP contribution in [0.3, 0.4) is 0 Å². The van der Waals surface area contributed by atoms with E-state index in [1.54, 1.807) is 6.92 Å². The molecule has 0 bridgehead atoms. The molecular weight excluding hydrogens is 343 g/mol. The maximum absolute atomic E-state index is 13.0. The Balaban J connectivity index is 1.70. The number of ether oxygens (including phenoxy) is 1. The zero-order valence-electron chi connectivity index (χ0n) is 14.0. The number of hydrogen-bond acceptors (Lipinski definition) is 4. The van der Waals surface area contributed by atoms with Crippen molar-refractivity contribution in [1.82, 2.24) is 4.72 Å². The normalized spacial score (nSPS) is 16.6.